The summed E-state index contributed by atoms with van der Waals surface area (Å²) in [6.45, 7) is 6.65. The molecule has 0 spiro atoms. The number of hydrogen-bond acceptors (Lipinski definition) is 6. The number of likely N-dealkylation sites (tertiary alicyclic amines) is 1. The number of nitrogens with one attached hydrogen (secondary N) is 1. The van der Waals surface area contributed by atoms with Crippen molar-refractivity contribution in [3.63, 3.8) is 0 Å². The Morgan fingerprint density at radius 2 is 1.90 bits per heavy atom. The van der Waals surface area contributed by atoms with E-state index in [1.165, 1.54) is 7.11 Å². The van der Waals surface area contributed by atoms with Crippen molar-refractivity contribution < 1.29 is 14.3 Å². The van der Waals surface area contributed by atoms with E-state index in [1.807, 2.05) is 6.92 Å². The van der Waals surface area contributed by atoms with Crippen LogP contribution >= 0.6 is 0 Å². The lowest BCUT2D eigenvalue weighted by Crippen LogP contribution is -2.43. The molecule has 160 valence electrons. The Labute approximate surface area is 172 Å². The first-order valence-electron chi connectivity index (χ1n) is 10.6. The lowest BCUT2D eigenvalue weighted by molar-refractivity contribution is -0.145. The maximum Gasteiger partial charge on any atom is 0.310 e. The monoisotopic (exact) mass is 403 g/mol. The molecule has 1 saturated heterocycles. The molecule has 1 aromatic heterocycles. The van der Waals surface area contributed by atoms with Gasteiger partial charge < -0.3 is 19.5 Å². The minimum atomic E-state index is -0.404. The number of allylic oxidation sites excluding steroid dienone is 1. The molecule has 1 fully saturated rings. The van der Waals surface area contributed by atoms with Crippen LogP contribution in [0.1, 0.15) is 57.1 Å². The van der Waals surface area contributed by atoms with Crippen LogP contribution in [0.3, 0.4) is 0 Å². The number of carbonyl (C=O) groups is 2. The van der Waals surface area contributed by atoms with Crippen LogP contribution in [0.5, 0.6) is 0 Å². The van der Waals surface area contributed by atoms with Crippen LogP contribution in [0, 0.1) is 11.8 Å². The van der Waals surface area contributed by atoms with Crippen molar-refractivity contribution in [1.29, 1.82) is 0 Å². The largest absolute Gasteiger partial charge is 0.469 e. The van der Waals surface area contributed by atoms with Gasteiger partial charge in [0.1, 0.15) is 5.82 Å². The summed E-state index contributed by atoms with van der Waals surface area (Å²) < 4.78 is 6.84. The summed E-state index contributed by atoms with van der Waals surface area (Å²) in [5, 5.41) is 11.6. The molecule has 1 amide bonds. The van der Waals surface area contributed by atoms with Crippen molar-refractivity contribution in [3.05, 3.63) is 17.7 Å². The normalized spacial score (nSPS) is 22.8. The fourth-order valence-corrected chi connectivity index (χ4v) is 4.05. The second-order valence-corrected chi connectivity index (χ2v) is 8.37. The van der Waals surface area contributed by atoms with Gasteiger partial charge in [-0.3, -0.25) is 9.59 Å². The van der Waals surface area contributed by atoms with E-state index in [1.54, 1.807) is 6.92 Å². The minimum absolute atomic E-state index is 0.104. The summed E-state index contributed by atoms with van der Waals surface area (Å²) >= 11 is 0. The summed E-state index contributed by atoms with van der Waals surface area (Å²) in [5.41, 5.74) is 0. The molecule has 0 saturated carbocycles. The third-order valence-electron chi connectivity index (χ3n) is 6.28. The number of fused-ring (bicyclic) bond motifs is 1. The molecule has 8 heteroatoms. The van der Waals surface area contributed by atoms with Gasteiger partial charge in [0.2, 0.25) is 5.91 Å². The Kier molecular flexibility index (Phi) is 7.05. The number of nitrogens with zero attached hydrogens (tertiary/aromatic N) is 4. The van der Waals surface area contributed by atoms with Gasteiger partial charge in [-0.2, -0.15) is 0 Å². The quantitative estimate of drug-likeness (QED) is 0.729. The Bertz CT molecular complexity index is 751. The molecule has 1 N–H and O–H groups in total. The zero-order valence-electron chi connectivity index (χ0n) is 17.9. The zero-order valence-corrected chi connectivity index (χ0v) is 17.9. The molecule has 0 aromatic carbocycles. The van der Waals surface area contributed by atoms with E-state index in [-0.39, 0.29) is 23.8 Å². The van der Waals surface area contributed by atoms with Crippen molar-refractivity contribution in [2.45, 2.75) is 58.0 Å². The van der Waals surface area contributed by atoms with Gasteiger partial charge in [-0.25, -0.2) is 0 Å². The van der Waals surface area contributed by atoms with Crippen LogP contribution in [-0.4, -0.2) is 64.8 Å². The lowest BCUT2D eigenvalue weighted by Gasteiger charge is -2.27. The van der Waals surface area contributed by atoms with Crippen LogP contribution in [0.4, 0.5) is 0 Å². The number of aromatic nitrogens is 3. The third kappa shape index (κ3) is 5.04. The Balaban J connectivity index is 1.66. The molecule has 0 aliphatic carbocycles. The topological polar surface area (TPSA) is 89.4 Å². The van der Waals surface area contributed by atoms with Crippen LogP contribution in [0.2, 0.25) is 0 Å². The first kappa shape index (κ1) is 21.5. The first-order valence-corrected chi connectivity index (χ1v) is 10.6. The van der Waals surface area contributed by atoms with Gasteiger partial charge in [-0.05, 0) is 71.7 Å². The molecule has 2 aliphatic rings. The number of piperidine rings is 1. The van der Waals surface area contributed by atoms with E-state index in [4.69, 9.17) is 4.74 Å². The number of carbonyl (C=O) groups excluding carboxylic acids is 2. The van der Waals surface area contributed by atoms with Crippen molar-refractivity contribution in [2.24, 2.45) is 11.8 Å². The van der Waals surface area contributed by atoms with Gasteiger partial charge in [0.25, 0.3) is 0 Å². The second-order valence-electron chi connectivity index (χ2n) is 8.37. The molecule has 0 bridgehead atoms. The third-order valence-corrected chi connectivity index (χ3v) is 6.28. The minimum Gasteiger partial charge on any atom is -0.469 e. The maximum atomic E-state index is 12.9. The average Bonchev–Trinajstić information content (AvgIpc) is 3.15. The summed E-state index contributed by atoms with van der Waals surface area (Å²) in [7, 11) is 3.52. The predicted molar refractivity (Wildman–Crippen MR) is 110 cm³/mol. The van der Waals surface area contributed by atoms with Gasteiger partial charge in [-0.1, -0.05) is 6.08 Å². The first-order chi connectivity index (χ1) is 13.9. The van der Waals surface area contributed by atoms with Crippen molar-refractivity contribution in [2.75, 3.05) is 27.2 Å². The number of rotatable bonds is 6. The van der Waals surface area contributed by atoms with E-state index in [2.05, 4.69) is 44.2 Å². The van der Waals surface area contributed by atoms with Crippen LogP contribution < -0.4 is 5.32 Å². The van der Waals surface area contributed by atoms with E-state index in [9.17, 15) is 9.59 Å². The van der Waals surface area contributed by atoms with Crippen molar-refractivity contribution in [1.82, 2.24) is 25.0 Å². The summed E-state index contributed by atoms with van der Waals surface area (Å²) in [4.78, 5) is 26.9. The van der Waals surface area contributed by atoms with Crippen LogP contribution in [-0.2, 0) is 20.9 Å². The smallest absolute Gasteiger partial charge is 0.310 e. The molecule has 29 heavy (non-hydrogen) atoms. The highest BCUT2D eigenvalue weighted by Crippen LogP contribution is 2.28. The standard InChI is InChI=1S/C21H33N5O3/c1-14(21(28)29-4)15(2)22-20(27)17-6-5-11-26-18(23-24-19(17)26)8-7-16-9-12-25(3)13-10-16/h7-8,14-17H,5-6,9-13H2,1-4H3,(H,22,27)/b8-7+/t14-,15?,17?/m0/s1. The van der Waals surface area contributed by atoms with Gasteiger partial charge in [0, 0.05) is 12.6 Å². The zero-order chi connectivity index (χ0) is 21.0. The number of ether oxygens (including phenoxy) is 1. The SMILES string of the molecule is COC(=O)[C@@H](C)C(C)NC(=O)C1CCCn2c(/C=C/C3CCN(C)CC3)nnc21. The Hall–Kier alpha value is -2.22. The average molecular weight is 404 g/mol. The maximum absolute atomic E-state index is 12.9. The van der Waals surface area contributed by atoms with E-state index in [0.717, 1.165) is 57.0 Å². The summed E-state index contributed by atoms with van der Waals surface area (Å²) in [5.74, 6) is 0.940. The molecule has 2 aliphatic heterocycles. The van der Waals surface area contributed by atoms with Crippen LogP contribution in [0.15, 0.2) is 6.08 Å². The molecule has 2 unspecified atom stereocenters. The van der Waals surface area contributed by atoms with Crippen LogP contribution in [0.25, 0.3) is 6.08 Å². The Morgan fingerprint density at radius 1 is 1.17 bits per heavy atom. The number of hydrogen-bond donors (Lipinski definition) is 1. The van der Waals surface area contributed by atoms with Gasteiger partial charge in [0.05, 0.1) is 18.9 Å². The molecule has 0 radical (unpaired) electrons. The highest BCUT2D eigenvalue weighted by atomic mass is 16.5. The fraction of sp³-hybridized carbons (Fsp3) is 0.714. The van der Waals surface area contributed by atoms with Crippen molar-refractivity contribution in [3.8, 4) is 0 Å². The molecule has 3 rings (SSSR count). The van der Waals surface area contributed by atoms with Gasteiger partial charge >= 0.3 is 5.97 Å². The summed E-state index contributed by atoms with van der Waals surface area (Å²) in [6.07, 6.45) is 8.27. The molecule has 1 aromatic rings. The van der Waals surface area contributed by atoms with Gasteiger partial charge in [-0.15, -0.1) is 10.2 Å². The second kappa shape index (κ2) is 9.52. The Morgan fingerprint density at radius 3 is 2.59 bits per heavy atom. The molecular formula is C21H33N5O3. The summed E-state index contributed by atoms with van der Waals surface area (Å²) in [6, 6.07) is -0.308. The predicted octanol–water partition coefficient (Wildman–Crippen LogP) is 1.82. The van der Waals surface area contributed by atoms with E-state index < -0.39 is 5.92 Å². The molecule has 8 nitrogen and oxygen atoms in total. The number of esters is 1. The van der Waals surface area contributed by atoms with Crippen molar-refractivity contribution >= 4 is 18.0 Å². The molecular weight excluding hydrogens is 370 g/mol. The molecule has 3 atom stereocenters. The van der Waals surface area contributed by atoms with E-state index in [0.29, 0.717) is 5.92 Å². The lowest BCUT2D eigenvalue weighted by atomic mass is 9.95. The van der Waals surface area contributed by atoms with Gasteiger partial charge in [0.15, 0.2) is 5.82 Å². The highest BCUT2D eigenvalue weighted by Gasteiger charge is 2.32. The number of amides is 1. The van der Waals surface area contributed by atoms with E-state index >= 15 is 0 Å². The fourth-order valence-electron chi connectivity index (χ4n) is 4.05. The number of methoxy groups -OCH3 is 1. The molecule has 3 heterocycles. The highest BCUT2D eigenvalue weighted by molar-refractivity contribution is 5.84.